The van der Waals surface area contributed by atoms with Crippen LogP contribution < -0.4 is 4.90 Å². The number of pyridine rings is 1. The molecule has 4 heteroatoms. The summed E-state index contributed by atoms with van der Waals surface area (Å²) >= 11 is 0. The summed E-state index contributed by atoms with van der Waals surface area (Å²) in [6.45, 7) is 1.80. The number of aromatic nitrogens is 1. The molecule has 1 fully saturated rings. The van der Waals surface area contributed by atoms with Crippen molar-refractivity contribution in [1.82, 2.24) is 4.98 Å². The van der Waals surface area contributed by atoms with Crippen molar-refractivity contribution < 1.29 is 4.74 Å². The molecule has 0 saturated carbocycles. The molecular weight excluding hydrogens is 190 g/mol. The molecule has 2 heterocycles. The van der Waals surface area contributed by atoms with Crippen LogP contribution in [0.15, 0.2) is 18.3 Å². The van der Waals surface area contributed by atoms with Gasteiger partial charge in [-0.15, -0.1) is 0 Å². The molecule has 1 aliphatic heterocycles. The summed E-state index contributed by atoms with van der Waals surface area (Å²) in [5.41, 5.74) is 0.654. The highest BCUT2D eigenvalue weighted by Crippen LogP contribution is 2.19. The Morgan fingerprint density at radius 2 is 2.53 bits per heavy atom. The fraction of sp³-hybridized carbons (Fsp3) is 0.455. The second-order valence-corrected chi connectivity index (χ2v) is 3.61. The second kappa shape index (κ2) is 4.28. The second-order valence-electron chi connectivity index (χ2n) is 3.61. The standard InChI is InChI=1S/C11H13N3O/c1-15-10-3-5-14(8-10)11-6-9(7-12)2-4-13-11/h2,4,6,10H,3,5,8H2,1H3. The zero-order chi connectivity index (χ0) is 10.7. The van der Waals surface area contributed by atoms with Crippen LogP contribution in [0, 0.1) is 11.3 Å². The average molecular weight is 203 g/mol. The van der Waals surface area contributed by atoms with Crippen LogP contribution in [0.25, 0.3) is 0 Å². The fourth-order valence-corrected chi connectivity index (χ4v) is 1.79. The quantitative estimate of drug-likeness (QED) is 0.724. The van der Waals surface area contributed by atoms with E-state index in [1.165, 1.54) is 0 Å². The molecule has 4 nitrogen and oxygen atoms in total. The van der Waals surface area contributed by atoms with Gasteiger partial charge in [0.05, 0.1) is 17.7 Å². The molecule has 0 radical (unpaired) electrons. The van der Waals surface area contributed by atoms with Crippen molar-refractivity contribution >= 4 is 5.82 Å². The van der Waals surface area contributed by atoms with E-state index in [1.807, 2.05) is 6.07 Å². The Morgan fingerprint density at radius 3 is 3.20 bits per heavy atom. The minimum Gasteiger partial charge on any atom is -0.380 e. The van der Waals surface area contributed by atoms with Crippen LogP contribution in [-0.2, 0) is 4.74 Å². The lowest BCUT2D eigenvalue weighted by Crippen LogP contribution is -2.23. The van der Waals surface area contributed by atoms with Crippen molar-refractivity contribution in [3.8, 4) is 6.07 Å². The normalized spacial score (nSPS) is 20.3. The summed E-state index contributed by atoms with van der Waals surface area (Å²) < 4.78 is 5.28. The Labute approximate surface area is 89.1 Å². The summed E-state index contributed by atoms with van der Waals surface area (Å²) in [4.78, 5) is 6.41. The van der Waals surface area contributed by atoms with Crippen LogP contribution in [-0.4, -0.2) is 31.3 Å². The lowest BCUT2D eigenvalue weighted by atomic mass is 10.3. The highest BCUT2D eigenvalue weighted by molar-refractivity contribution is 5.45. The van der Waals surface area contributed by atoms with E-state index in [0.717, 1.165) is 25.3 Å². The molecule has 0 spiro atoms. The highest BCUT2D eigenvalue weighted by Gasteiger charge is 2.22. The Bertz CT molecular complexity index is 386. The van der Waals surface area contributed by atoms with E-state index in [2.05, 4.69) is 16.0 Å². The first-order valence-electron chi connectivity index (χ1n) is 4.97. The molecule has 1 aliphatic rings. The van der Waals surface area contributed by atoms with Crippen molar-refractivity contribution in [2.75, 3.05) is 25.1 Å². The average Bonchev–Trinajstić information content (AvgIpc) is 2.78. The van der Waals surface area contributed by atoms with Gasteiger partial charge in [0.15, 0.2) is 0 Å². The number of ether oxygens (including phenoxy) is 1. The topological polar surface area (TPSA) is 49.1 Å². The summed E-state index contributed by atoms with van der Waals surface area (Å²) in [5, 5.41) is 8.78. The van der Waals surface area contributed by atoms with Crippen LogP contribution in [0.4, 0.5) is 5.82 Å². The summed E-state index contributed by atoms with van der Waals surface area (Å²) in [6.07, 6.45) is 2.99. The minimum absolute atomic E-state index is 0.289. The lowest BCUT2D eigenvalue weighted by molar-refractivity contribution is 0.121. The first kappa shape index (κ1) is 9.94. The van der Waals surface area contributed by atoms with Gasteiger partial charge in [-0.3, -0.25) is 0 Å². The third-order valence-electron chi connectivity index (χ3n) is 2.68. The monoisotopic (exact) mass is 203 g/mol. The molecule has 0 aromatic carbocycles. The van der Waals surface area contributed by atoms with Gasteiger partial charge < -0.3 is 9.64 Å². The van der Waals surface area contributed by atoms with Gasteiger partial charge in [0.2, 0.25) is 0 Å². The molecule has 2 rings (SSSR count). The maximum atomic E-state index is 8.78. The van der Waals surface area contributed by atoms with Crippen molar-refractivity contribution in [2.24, 2.45) is 0 Å². The van der Waals surface area contributed by atoms with Crippen LogP contribution in [0.3, 0.4) is 0 Å². The molecule has 0 aliphatic carbocycles. The molecule has 0 amide bonds. The van der Waals surface area contributed by atoms with Crippen molar-refractivity contribution in [3.05, 3.63) is 23.9 Å². The third kappa shape index (κ3) is 2.08. The van der Waals surface area contributed by atoms with E-state index in [9.17, 15) is 0 Å². The van der Waals surface area contributed by atoms with Crippen LogP contribution >= 0.6 is 0 Å². The van der Waals surface area contributed by atoms with Crippen molar-refractivity contribution in [1.29, 1.82) is 5.26 Å². The highest BCUT2D eigenvalue weighted by atomic mass is 16.5. The van der Waals surface area contributed by atoms with E-state index in [0.29, 0.717) is 5.56 Å². The van der Waals surface area contributed by atoms with Gasteiger partial charge >= 0.3 is 0 Å². The lowest BCUT2D eigenvalue weighted by Gasteiger charge is -2.16. The smallest absolute Gasteiger partial charge is 0.129 e. The van der Waals surface area contributed by atoms with Gasteiger partial charge in [0.1, 0.15) is 5.82 Å². The van der Waals surface area contributed by atoms with E-state index >= 15 is 0 Å². The number of hydrogen-bond donors (Lipinski definition) is 0. The Hall–Kier alpha value is -1.60. The molecule has 1 unspecified atom stereocenters. The van der Waals surface area contributed by atoms with E-state index < -0.39 is 0 Å². The molecular formula is C11H13N3O. The van der Waals surface area contributed by atoms with Gasteiger partial charge in [0.25, 0.3) is 0 Å². The number of rotatable bonds is 2. The number of methoxy groups -OCH3 is 1. The first-order chi connectivity index (χ1) is 7.33. The summed E-state index contributed by atoms with van der Waals surface area (Å²) in [6, 6.07) is 5.65. The first-order valence-corrected chi connectivity index (χ1v) is 4.97. The van der Waals surface area contributed by atoms with Crippen molar-refractivity contribution in [3.63, 3.8) is 0 Å². The third-order valence-corrected chi connectivity index (χ3v) is 2.68. The van der Waals surface area contributed by atoms with Gasteiger partial charge in [-0.1, -0.05) is 0 Å². The number of hydrogen-bond acceptors (Lipinski definition) is 4. The Morgan fingerprint density at radius 1 is 1.67 bits per heavy atom. The molecule has 0 N–H and O–H groups in total. The Balaban J connectivity index is 2.14. The maximum Gasteiger partial charge on any atom is 0.129 e. The van der Waals surface area contributed by atoms with Crippen LogP contribution in [0.5, 0.6) is 0 Å². The van der Waals surface area contributed by atoms with Gasteiger partial charge in [-0.05, 0) is 18.6 Å². The predicted octanol–water partition coefficient (Wildman–Crippen LogP) is 1.18. The van der Waals surface area contributed by atoms with E-state index in [1.54, 1.807) is 19.4 Å². The summed E-state index contributed by atoms with van der Waals surface area (Å²) in [7, 11) is 1.73. The minimum atomic E-state index is 0.289. The molecule has 1 saturated heterocycles. The van der Waals surface area contributed by atoms with Gasteiger partial charge in [-0.25, -0.2) is 4.98 Å². The predicted molar refractivity (Wildman–Crippen MR) is 56.6 cm³/mol. The van der Waals surface area contributed by atoms with E-state index in [-0.39, 0.29) is 6.10 Å². The zero-order valence-corrected chi connectivity index (χ0v) is 8.68. The maximum absolute atomic E-state index is 8.78. The van der Waals surface area contributed by atoms with Gasteiger partial charge in [-0.2, -0.15) is 5.26 Å². The molecule has 1 atom stereocenters. The molecule has 1 aromatic rings. The summed E-state index contributed by atoms with van der Waals surface area (Å²) in [5.74, 6) is 0.869. The SMILES string of the molecule is COC1CCN(c2cc(C#N)ccn2)C1. The molecule has 15 heavy (non-hydrogen) atoms. The van der Waals surface area contributed by atoms with E-state index in [4.69, 9.17) is 10.00 Å². The largest absolute Gasteiger partial charge is 0.380 e. The molecule has 0 bridgehead atoms. The van der Waals surface area contributed by atoms with Crippen LogP contribution in [0.1, 0.15) is 12.0 Å². The van der Waals surface area contributed by atoms with Crippen molar-refractivity contribution in [2.45, 2.75) is 12.5 Å². The number of nitrogens with zero attached hydrogens (tertiary/aromatic N) is 3. The zero-order valence-electron chi connectivity index (χ0n) is 8.68. The van der Waals surface area contributed by atoms with Crippen LogP contribution in [0.2, 0.25) is 0 Å². The number of nitriles is 1. The molecule has 78 valence electrons. The fourth-order valence-electron chi connectivity index (χ4n) is 1.79. The Kier molecular flexibility index (Phi) is 2.84. The molecule has 1 aromatic heterocycles. The number of anilines is 1. The van der Waals surface area contributed by atoms with Gasteiger partial charge in [0, 0.05) is 26.4 Å².